The number of carbonyl (C=O) groups excluding carboxylic acids is 2. The van der Waals surface area contributed by atoms with Crippen LogP contribution in [-0.2, 0) is 16.0 Å². The van der Waals surface area contributed by atoms with E-state index in [-0.39, 0.29) is 24.4 Å². The topological polar surface area (TPSA) is 77.1 Å². The quantitative estimate of drug-likeness (QED) is 0.631. The van der Waals surface area contributed by atoms with Gasteiger partial charge in [-0.15, -0.1) is 11.6 Å². The molecule has 0 spiro atoms. The molecule has 7 nitrogen and oxygen atoms in total. The van der Waals surface area contributed by atoms with Crippen LogP contribution >= 0.6 is 11.6 Å². The first-order chi connectivity index (χ1) is 13.6. The summed E-state index contributed by atoms with van der Waals surface area (Å²) >= 11 is 5.49. The Hall–Kier alpha value is -2.15. The molecule has 8 heteroatoms. The van der Waals surface area contributed by atoms with Crippen LogP contribution in [-0.4, -0.2) is 62.2 Å². The molecule has 1 fully saturated rings. The molecule has 156 valence electrons. The van der Waals surface area contributed by atoms with Gasteiger partial charge in [-0.2, -0.15) is 0 Å². The highest BCUT2D eigenvalue weighted by Gasteiger charge is 2.24. The third-order valence-electron chi connectivity index (χ3n) is 4.64. The van der Waals surface area contributed by atoms with E-state index in [1.165, 1.54) is 0 Å². The average Bonchev–Trinajstić information content (AvgIpc) is 2.72. The molecule has 1 N–H and O–H groups in total. The summed E-state index contributed by atoms with van der Waals surface area (Å²) in [5.41, 5.74) is 1.03. The number of benzene rings is 1. The van der Waals surface area contributed by atoms with Gasteiger partial charge in [-0.3, -0.25) is 4.79 Å². The number of alkyl halides is 1. The molecule has 1 saturated heterocycles. The van der Waals surface area contributed by atoms with E-state index in [2.05, 4.69) is 5.32 Å². The summed E-state index contributed by atoms with van der Waals surface area (Å²) in [6.07, 6.45) is 2.07. The van der Waals surface area contributed by atoms with Crippen LogP contribution < -0.4 is 14.8 Å². The van der Waals surface area contributed by atoms with Crippen LogP contribution in [0.25, 0.3) is 0 Å². The smallest absolute Gasteiger partial charge is 0.407 e. The maximum absolute atomic E-state index is 12.5. The largest absolute Gasteiger partial charge is 0.493 e. The number of likely N-dealkylation sites (tertiary alicyclic amines) is 1. The Morgan fingerprint density at radius 3 is 2.64 bits per heavy atom. The second kappa shape index (κ2) is 11.6. The summed E-state index contributed by atoms with van der Waals surface area (Å²) in [5, 5.41) is 2.82. The molecule has 0 aromatic heterocycles. The number of ether oxygens (including phenoxy) is 3. The average molecular weight is 413 g/mol. The van der Waals surface area contributed by atoms with E-state index in [1.807, 2.05) is 30.0 Å². The van der Waals surface area contributed by atoms with E-state index in [4.69, 9.17) is 25.8 Å². The highest BCUT2D eigenvalue weighted by atomic mass is 35.5. The van der Waals surface area contributed by atoms with Crippen LogP contribution in [0.3, 0.4) is 0 Å². The highest BCUT2D eigenvalue weighted by Crippen LogP contribution is 2.28. The van der Waals surface area contributed by atoms with Crippen molar-refractivity contribution in [2.45, 2.75) is 38.6 Å². The first kappa shape index (κ1) is 22.1. The summed E-state index contributed by atoms with van der Waals surface area (Å²) in [6, 6.07) is 5.79. The SMILES string of the molecule is CCOc1ccc(CCC(=O)N2CCC(NC(=O)OCCCl)CC2)cc1OC. The maximum Gasteiger partial charge on any atom is 0.407 e. The predicted octanol–water partition coefficient (Wildman–Crippen LogP) is 2.98. The Morgan fingerprint density at radius 1 is 1.25 bits per heavy atom. The van der Waals surface area contributed by atoms with Crippen molar-refractivity contribution in [3.63, 3.8) is 0 Å². The lowest BCUT2D eigenvalue weighted by Crippen LogP contribution is -2.46. The minimum atomic E-state index is -0.449. The van der Waals surface area contributed by atoms with Gasteiger partial charge >= 0.3 is 6.09 Å². The first-order valence-electron chi connectivity index (χ1n) is 9.64. The molecule has 0 atom stereocenters. The molecule has 0 aliphatic carbocycles. The number of nitrogens with one attached hydrogen (secondary N) is 1. The standard InChI is InChI=1S/C20H29ClN2O5/c1-3-27-17-6-4-15(14-18(17)26-2)5-7-19(24)23-11-8-16(9-12-23)22-20(25)28-13-10-21/h4,6,14,16H,3,5,7-13H2,1-2H3,(H,22,25). The van der Waals surface area contributed by atoms with Crippen molar-refractivity contribution >= 4 is 23.6 Å². The number of hydrogen-bond donors (Lipinski definition) is 1. The number of amides is 2. The number of piperidine rings is 1. The minimum absolute atomic E-state index is 0.0299. The predicted molar refractivity (Wildman–Crippen MR) is 107 cm³/mol. The van der Waals surface area contributed by atoms with Crippen molar-refractivity contribution in [3.05, 3.63) is 23.8 Å². The van der Waals surface area contributed by atoms with Gasteiger partial charge in [0.1, 0.15) is 6.61 Å². The molecule has 0 radical (unpaired) electrons. The van der Waals surface area contributed by atoms with E-state index < -0.39 is 6.09 Å². The molecule has 1 heterocycles. The Morgan fingerprint density at radius 2 is 2.00 bits per heavy atom. The Bertz CT molecular complexity index is 647. The summed E-state index contributed by atoms with van der Waals surface area (Å²) < 4.78 is 15.8. The lowest BCUT2D eigenvalue weighted by Gasteiger charge is -2.32. The van der Waals surface area contributed by atoms with Crippen molar-refractivity contribution in [1.82, 2.24) is 10.2 Å². The fourth-order valence-corrected chi connectivity index (χ4v) is 3.24. The van der Waals surface area contributed by atoms with Gasteiger partial charge in [-0.1, -0.05) is 6.07 Å². The molecule has 0 bridgehead atoms. The van der Waals surface area contributed by atoms with Crippen molar-refractivity contribution < 1.29 is 23.8 Å². The number of aryl methyl sites for hydroxylation is 1. The zero-order chi connectivity index (χ0) is 20.4. The Kier molecular flexibility index (Phi) is 9.20. The monoisotopic (exact) mass is 412 g/mol. The van der Waals surface area contributed by atoms with Crippen molar-refractivity contribution in [1.29, 1.82) is 0 Å². The van der Waals surface area contributed by atoms with Gasteiger partial charge in [0.15, 0.2) is 11.5 Å². The number of halogens is 1. The molecule has 1 aromatic rings. The van der Waals surface area contributed by atoms with Gasteiger partial charge in [0.2, 0.25) is 5.91 Å². The second-order valence-corrected chi connectivity index (χ2v) is 6.92. The van der Waals surface area contributed by atoms with Crippen LogP contribution in [0, 0.1) is 0 Å². The zero-order valence-corrected chi connectivity index (χ0v) is 17.3. The van der Waals surface area contributed by atoms with Crippen LogP contribution in [0.5, 0.6) is 11.5 Å². The minimum Gasteiger partial charge on any atom is -0.493 e. The lowest BCUT2D eigenvalue weighted by molar-refractivity contribution is -0.132. The molecular weight excluding hydrogens is 384 g/mol. The number of hydrogen-bond acceptors (Lipinski definition) is 5. The number of rotatable bonds is 9. The summed E-state index contributed by atoms with van der Waals surface area (Å²) in [4.78, 5) is 25.9. The van der Waals surface area contributed by atoms with Crippen LogP contribution in [0.1, 0.15) is 31.7 Å². The fourth-order valence-electron chi connectivity index (χ4n) is 3.16. The second-order valence-electron chi connectivity index (χ2n) is 6.54. The van der Waals surface area contributed by atoms with Gasteiger partial charge in [0, 0.05) is 25.6 Å². The number of nitrogens with zero attached hydrogens (tertiary/aromatic N) is 1. The van der Waals surface area contributed by atoms with Gasteiger partial charge in [-0.25, -0.2) is 4.79 Å². The summed E-state index contributed by atoms with van der Waals surface area (Å²) in [6.45, 7) is 3.95. The van der Waals surface area contributed by atoms with Gasteiger partial charge in [0.25, 0.3) is 0 Å². The third-order valence-corrected chi connectivity index (χ3v) is 4.79. The van der Waals surface area contributed by atoms with Crippen LogP contribution in [0.4, 0.5) is 4.79 Å². The van der Waals surface area contributed by atoms with E-state index >= 15 is 0 Å². The van der Waals surface area contributed by atoms with Crippen molar-refractivity contribution in [3.8, 4) is 11.5 Å². The third kappa shape index (κ3) is 6.78. The zero-order valence-electron chi connectivity index (χ0n) is 16.5. The molecule has 2 rings (SSSR count). The summed E-state index contributed by atoms with van der Waals surface area (Å²) in [5.74, 6) is 1.79. The molecule has 28 heavy (non-hydrogen) atoms. The lowest BCUT2D eigenvalue weighted by atomic mass is 10.0. The van der Waals surface area contributed by atoms with Crippen LogP contribution in [0.15, 0.2) is 18.2 Å². The van der Waals surface area contributed by atoms with E-state index in [0.717, 1.165) is 18.4 Å². The molecule has 0 unspecified atom stereocenters. The number of methoxy groups -OCH3 is 1. The molecule has 2 amide bonds. The number of alkyl carbamates (subject to hydrolysis) is 1. The Labute approximate surface area is 171 Å². The molecule has 1 aliphatic rings. The van der Waals surface area contributed by atoms with Crippen molar-refractivity contribution in [2.75, 3.05) is 39.3 Å². The van der Waals surface area contributed by atoms with Gasteiger partial charge in [0.05, 0.1) is 19.6 Å². The van der Waals surface area contributed by atoms with Gasteiger partial charge in [-0.05, 0) is 43.9 Å². The number of carbonyl (C=O) groups is 2. The van der Waals surface area contributed by atoms with E-state index in [0.29, 0.717) is 44.0 Å². The summed E-state index contributed by atoms with van der Waals surface area (Å²) in [7, 11) is 1.61. The molecule has 1 aliphatic heterocycles. The fraction of sp³-hybridized carbons (Fsp3) is 0.600. The first-order valence-corrected chi connectivity index (χ1v) is 10.2. The normalized spacial score (nSPS) is 14.5. The van der Waals surface area contributed by atoms with Crippen molar-refractivity contribution in [2.24, 2.45) is 0 Å². The molecule has 1 aromatic carbocycles. The van der Waals surface area contributed by atoms with E-state index in [9.17, 15) is 9.59 Å². The Balaban J connectivity index is 1.76. The maximum atomic E-state index is 12.5. The highest BCUT2D eigenvalue weighted by molar-refractivity contribution is 6.18. The van der Waals surface area contributed by atoms with Crippen LogP contribution in [0.2, 0.25) is 0 Å². The van der Waals surface area contributed by atoms with Gasteiger partial charge < -0.3 is 24.4 Å². The van der Waals surface area contributed by atoms with E-state index in [1.54, 1.807) is 7.11 Å². The molecular formula is C20H29ClN2O5. The molecule has 0 saturated carbocycles.